The molecule has 104 valence electrons. The van der Waals surface area contributed by atoms with E-state index in [1.807, 2.05) is 24.3 Å². The molecule has 19 heavy (non-hydrogen) atoms. The van der Waals surface area contributed by atoms with E-state index in [1.165, 1.54) is 6.42 Å². The maximum atomic E-state index is 11.9. The molecular weight excluding hydrogens is 240 g/mol. The molecule has 1 atom stereocenters. The minimum atomic E-state index is 0.0652. The minimum Gasteiger partial charge on any atom is -0.496 e. The monoisotopic (exact) mass is 262 g/mol. The highest BCUT2D eigenvalue weighted by Crippen LogP contribution is 2.17. The number of amides is 1. The van der Waals surface area contributed by atoms with Crippen LogP contribution in [0.2, 0.25) is 0 Å². The van der Waals surface area contributed by atoms with E-state index in [0.717, 1.165) is 37.4 Å². The topological polar surface area (TPSA) is 50.4 Å². The normalized spacial score (nSPS) is 18.3. The highest BCUT2D eigenvalue weighted by atomic mass is 16.5. The van der Waals surface area contributed by atoms with Gasteiger partial charge in [0.1, 0.15) is 5.75 Å². The molecule has 1 aliphatic heterocycles. The van der Waals surface area contributed by atoms with Crippen LogP contribution < -0.4 is 15.4 Å². The number of carbonyl (C=O) groups excluding carboxylic acids is 1. The molecule has 0 radical (unpaired) electrons. The van der Waals surface area contributed by atoms with E-state index < -0.39 is 0 Å². The van der Waals surface area contributed by atoms with Gasteiger partial charge in [-0.05, 0) is 37.9 Å². The lowest BCUT2D eigenvalue weighted by Gasteiger charge is -2.11. The van der Waals surface area contributed by atoms with E-state index in [-0.39, 0.29) is 5.91 Å². The highest BCUT2D eigenvalue weighted by Gasteiger charge is 2.14. The third-order valence-corrected chi connectivity index (χ3v) is 3.58. The molecule has 0 saturated carbocycles. The molecule has 1 unspecified atom stereocenters. The Morgan fingerprint density at radius 1 is 1.47 bits per heavy atom. The Morgan fingerprint density at radius 2 is 2.32 bits per heavy atom. The molecule has 1 aromatic carbocycles. The fourth-order valence-corrected chi connectivity index (χ4v) is 2.46. The van der Waals surface area contributed by atoms with Crippen LogP contribution in [0.1, 0.15) is 18.4 Å². The fourth-order valence-electron chi connectivity index (χ4n) is 2.46. The number of hydrogen-bond acceptors (Lipinski definition) is 3. The Morgan fingerprint density at radius 3 is 3.05 bits per heavy atom. The number of carbonyl (C=O) groups is 1. The summed E-state index contributed by atoms with van der Waals surface area (Å²) in [5, 5.41) is 6.32. The van der Waals surface area contributed by atoms with Gasteiger partial charge in [-0.2, -0.15) is 0 Å². The molecule has 1 fully saturated rings. The van der Waals surface area contributed by atoms with Crippen molar-refractivity contribution in [3.63, 3.8) is 0 Å². The Bertz CT molecular complexity index is 414. The molecule has 0 spiro atoms. The van der Waals surface area contributed by atoms with E-state index in [1.54, 1.807) is 7.11 Å². The first-order chi connectivity index (χ1) is 9.29. The molecule has 0 bridgehead atoms. The Kier molecular flexibility index (Phi) is 5.21. The summed E-state index contributed by atoms with van der Waals surface area (Å²) in [5.74, 6) is 1.56. The van der Waals surface area contributed by atoms with Crippen molar-refractivity contribution >= 4 is 5.91 Å². The van der Waals surface area contributed by atoms with Crippen LogP contribution in [0.3, 0.4) is 0 Å². The average Bonchev–Trinajstić information content (AvgIpc) is 2.92. The molecule has 0 aromatic heterocycles. The lowest BCUT2D eigenvalue weighted by Crippen LogP contribution is -2.27. The number of benzene rings is 1. The molecule has 1 saturated heterocycles. The lowest BCUT2D eigenvalue weighted by molar-refractivity contribution is -0.120. The van der Waals surface area contributed by atoms with Gasteiger partial charge in [-0.25, -0.2) is 0 Å². The largest absolute Gasteiger partial charge is 0.496 e. The maximum absolute atomic E-state index is 11.9. The quantitative estimate of drug-likeness (QED) is 0.813. The highest BCUT2D eigenvalue weighted by molar-refractivity contribution is 5.79. The number of methoxy groups -OCH3 is 1. The van der Waals surface area contributed by atoms with Gasteiger partial charge in [-0.3, -0.25) is 4.79 Å². The van der Waals surface area contributed by atoms with Crippen LogP contribution in [-0.4, -0.2) is 32.7 Å². The van der Waals surface area contributed by atoms with E-state index >= 15 is 0 Å². The van der Waals surface area contributed by atoms with Crippen LogP contribution in [-0.2, 0) is 11.2 Å². The van der Waals surface area contributed by atoms with Gasteiger partial charge < -0.3 is 15.4 Å². The Balaban J connectivity index is 1.74. The van der Waals surface area contributed by atoms with Gasteiger partial charge in [0.2, 0.25) is 5.91 Å². The van der Waals surface area contributed by atoms with Gasteiger partial charge in [-0.15, -0.1) is 0 Å². The SMILES string of the molecule is COc1ccccc1CC(=O)NCCC1CCNC1. The van der Waals surface area contributed by atoms with E-state index in [4.69, 9.17) is 4.74 Å². The van der Waals surface area contributed by atoms with Gasteiger partial charge in [0.15, 0.2) is 0 Å². The molecule has 4 heteroatoms. The first-order valence-electron chi connectivity index (χ1n) is 6.89. The van der Waals surface area contributed by atoms with Gasteiger partial charge in [-0.1, -0.05) is 18.2 Å². The smallest absolute Gasteiger partial charge is 0.224 e. The summed E-state index contributed by atoms with van der Waals surface area (Å²) in [4.78, 5) is 11.9. The predicted octanol–water partition coefficient (Wildman–Crippen LogP) is 1.35. The summed E-state index contributed by atoms with van der Waals surface area (Å²) < 4.78 is 5.24. The zero-order chi connectivity index (χ0) is 13.5. The van der Waals surface area contributed by atoms with Crippen molar-refractivity contribution in [2.24, 2.45) is 5.92 Å². The van der Waals surface area contributed by atoms with Crippen molar-refractivity contribution in [3.8, 4) is 5.75 Å². The van der Waals surface area contributed by atoms with Gasteiger partial charge in [0, 0.05) is 12.1 Å². The van der Waals surface area contributed by atoms with Crippen molar-refractivity contribution in [3.05, 3.63) is 29.8 Å². The number of para-hydroxylation sites is 1. The molecule has 0 aliphatic carbocycles. The average molecular weight is 262 g/mol. The summed E-state index contributed by atoms with van der Waals surface area (Å²) in [6.45, 7) is 2.96. The van der Waals surface area contributed by atoms with Crippen molar-refractivity contribution in [2.75, 3.05) is 26.7 Å². The van der Waals surface area contributed by atoms with Crippen molar-refractivity contribution < 1.29 is 9.53 Å². The van der Waals surface area contributed by atoms with E-state index in [0.29, 0.717) is 12.3 Å². The molecule has 4 nitrogen and oxygen atoms in total. The second-order valence-electron chi connectivity index (χ2n) is 4.99. The Labute approximate surface area is 114 Å². The Hall–Kier alpha value is -1.55. The fraction of sp³-hybridized carbons (Fsp3) is 0.533. The van der Waals surface area contributed by atoms with Crippen LogP contribution in [0.15, 0.2) is 24.3 Å². The molecule has 1 amide bonds. The number of rotatable bonds is 6. The first-order valence-corrected chi connectivity index (χ1v) is 6.89. The second kappa shape index (κ2) is 7.14. The molecule has 1 aliphatic rings. The molecule has 1 heterocycles. The summed E-state index contributed by atoms with van der Waals surface area (Å²) >= 11 is 0. The zero-order valence-corrected chi connectivity index (χ0v) is 11.4. The molecule has 1 aromatic rings. The number of ether oxygens (including phenoxy) is 1. The van der Waals surface area contributed by atoms with Crippen LogP contribution >= 0.6 is 0 Å². The van der Waals surface area contributed by atoms with E-state index in [9.17, 15) is 4.79 Å². The second-order valence-corrected chi connectivity index (χ2v) is 4.99. The van der Waals surface area contributed by atoms with Gasteiger partial charge in [0.05, 0.1) is 13.5 Å². The molecule has 2 N–H and O–H groups in total. The van der Waals surface area contributed by atoms with Crippen molar-refractivity contribution in [2.45, 2.75) is 19.3 Å². The van der Waals surface area contributed by atoms with Gasteiger partial charge >= 0.3 is 0 Å². The van der Waals surface area contributed by atoms with Crippen LogP contribution in [0.5, 0.6) is 5.75 Å². The number of nitrogens with one attached hydrogen (secondary N) is 2. The van der Waals surface area contributed by atoms with Crippen molar-refractivity contribution in [1.29, 1.82) is 0 Å². The summed E-state index contributed by atoms with van der Waals surface area (Å²) in [6, 6.07) is 7.65. The van der Waals surface area contributed by atoms with Crippen molar-refractivity contribution in [1.82, 2.24) is 10.6 Å². The van der Waals surface area contributed by atoms with Crippen LogP contribution in [0.4, 0.5) is 0 Å². The third-order valence-electron chi connectivity index (χ3n) is 3.58. The summed E-state index contributed by atoms with van der Waals surface area (Å²) in [5.41, 5.74) is 0.935. The van der Waals surface area contributed by atoms with E-state index in [2.05, 4.69) is 10.6 Å². The summed E-state index contributed by atoms with van der Waals surface area (Å²) in [7, 11) is 1.63. The van der Waals surface area contributed by atoms with Gasteiger partial charge in [0.25, 0.3) is 0 Å². The van der Waals surface area contributed by atoms with Crippen LogP contribution in [0.25, 0.3) is 0 Å². The summed E-state index contributed by atoms with van der Waals surface area (Å²) in [6.07, 6.45) is 2.67. The standard InChI is InChI=1S/C15H22N2O2/c1-19-14-5-3-2-4-13(14)10-15(18)17-9-7-12-6-8-16-11-12/h2-5,12,16H,6-11H2,1H3,(H,17,18). The molecule has 2 rings (SSSR count). The molecular formula is C15H22N2O2. The third kappa shape index (κ3) is 4.24. The maximum Gasteiger partial charge on any atom is 0.224 e. The minimum absolute atomic E-state index is 0.0652. The zero-order valence-electron chi connectivity index (χ0n) is 11.4. The number of hydrogen-bond donors (Lipinski definition) is 2. The first kappa shape index (κ1) is 13.9. The predicted molar refractivity (Wildman–Crippen MR) is 75.3 cm³/mol. The lowest BCUT2D eigenvalue weighted by atomic mass is 10.1. The van der Waals surface area contributed by atoms with Crippen LogP contribution in [0, 0.1) is 5.92 Å².